The molecule has 0 radical (unpaired) electrons. The summed E-state index contributed by atoms with van der Waals surface area (Å²) >= 11 is 1.40. The number of carboxylic acids is 1. The van der Waals surface area contributed by atoms with Gasteiger partial charge in [0.15, 0.2) is 0 Å². The first-order valence-electron chi connectivity index (χ1n) is 11.4. The van der Waals surface area contributed by atoms with Gasteiger partial charge in [-0.25, -0.2) is 8.42 Å². The Morgan fingerprint density at radius 1 is 1.05 bits per heavy atom. The van der Waals surface area contributed by atoms with Gasteiger partial charge in [0.1, 0.15) is 0 Å². The molecule has 1 N–H and O–H groups in total. The zero-order chi connectivity index (χ0) is 26.7. The first kappa shape index (κ1) is 34.1. The molecule has 0 aliphatic rings. The summed E-state index contributed by atoms with van der Waals surface area (Å²) in [4.78, 5) is 35.0. The number of nitrogens with one attached hydrogen (secondary N) is 1. The zero-order valence-electron chi connectivity index (χ0n) is 21.2. The van der Waals surface area contributed by atoms with E-state index >= 15 is 0 Å². The van der Waals surface area contributed by atoms with Crippen LogP contribution in [0.2, 0.25) is 0 Å². The minimum absolute atomic E-state index is 0. The summed E-state index contributed by atoms with van der Waals surface area (Å²) in [6.07, 6.45) is 0.795. The number of unbranched alkanes of at least 4 members (excludes halogenated alkanes) is 1. The van der Waals surface area contributed by atoms with Crippen molar-refractivity contribution in [1.29, 1.82) is 0 Å². The van der Waals surface area contributed by atoms with Crippen LogP contribution in [0.15, 0.2) is 64.4 Å². The van der Waals surface area contributed by atoms with Gasteiger partial charge in [0.05, 0.1) is 27.6 Å². The summed E-state index contributed by atoms with van der Waals surface area (Å²) in [7, 11) is -4.26. The molecule has 10 nitrogen and oxygen atoms in total. The number of non-ortho nitro benzene ring substituents is 1. The van der Waals surface area contributed by atoms with E-state index < -0.39 is 27.0 Å². The van der Waals surface area contributed by atoms with Crippen molar-refractivity contribution in [2.45, 2.75) is 48.9 Å². The van der Waals surface area contributed by atoms with Gasteiger partial charge in [-0.3, -0.25) is 14.9 Å². The minimum Gasteiger partial charge on any atom is -0.548 e. The molecule has 1 amide bonds. The average Bonchev–Trinajstić information content (AvgIpc) is 2.84. The van der Waals surface area contributed by atoms with Crippen LogP contribution in [0, 0.1) is 16.0 Å². The van der Waals surface area contributed by atoms with Crippen molar-refractivity contribution < 1.29 is 96.9 Å². The first-order chi connectivity index (χ1) is 17.0. The molecule has 1 atom stereocenters. The van der Waals surface area contributed by atoms with E-state index in [9.17, 15) is 33.2 Å². The van der Waals surface area contributed by atoms with Crippen molar-refractivity contribution in [1.82, 2.24) is 9.62 Å². The molecule has 0 heterocycles. The molecule has 2 aromatic rings. The second-order valence-electron chi connectivity index (χ2n) is 8.50. The van der Waals surface area contributed by atoms with Crippen LogP contribution in [0.4, 0.5) is 5.69 Å². The molecule has 0 saturated carbocycles. The van der Waals surface area contributed by atoms with Crippen LogP contribution < -0.4 is 79.3 Å². The van der Waals surface area contributed by atoms with Gasteiger partial charge in [0.25, 0.3) is 5.69 Å². The summed E-state index contributed by atoms with van der Waals surface area (Å²) in [5, 5.41) is 25.6. The molecule has 2 rings (SSSR count). The Labute approximate surface area is 280 Å². The minimum atomic E-state index is -4.26. The van der Waals surface area contributed by atoms with Crippen LogP contribution in [0.5, 0.6) is 0 Å². The van der Waals surface area contributed by atoms with Crippen LogP contribution in [0.1, 0.15) is 33.1 Å². The molecule has 0 aromatic heterocycles. The largest absolute Gasteiger partial charge is 1.00 e. The van der Waals surface area contributed by atoms with Gasteiger partial charge >= 0.3 is 68.9 Å². The third kappa shape index (κ3) is 11.4. The Morgan fingerprint density at radius 3 is 2.22 bits per heavy atom. The molecule has 0 saturated heterocycles. The smallest absolute Gasteiger partial charge is 0.548 e. The van der Waals surface area contributed by atoms with E-state index in [0.717, 1.165) is 33.5 Å². The number of sulfonamides is 1. The van der Waals surface area contributed by atoms with E-state index in [1.54, 1.807) is 13.8 Å². The van der Waals surface area contributed by atoms with Crippen LogP contribution in [-0.4, -0.2) is 54.4 Å². The number of carboxylic acid groups (broad SMARTS) is 1. The quantitative estimate of drug-likeness (QED) is 0.115. The van der Waals surface area contributed by atoms with E-state index in [0.29, 0.717) is 19.4 Å². The number of benzene rings is 2. The monoisotopic (exact) mass is 669 g/mol. The fourth-order valence-corrected chi connectivity index (χ4v) is 5.94. The third-order valence-corrected chi connectivity index (χ3v) is 8.06. The van der Waals surface area contributed by atoms with Crippen molar-refractivity contribution in [3.05, 3.63) is 64.7 Å². The number of amides is 1. The number of nitrogens with zero attached hydrogens (tertiary/aromatic N) is 2. The molecule has 0 aliphatic carbocycles. The van der Waals surface area contributed by atoms with Crippen molar-refractivity contribution in [3.8, 4) is 0 Å². The topological polar surface area (TPSA) is 150 Å². The molecule has 2 aromatic carbocycles. The van der Waals surface area contributed by atoms with E-state index in [-0.39, 0.29) is 110 Å². The second kappa shape index (κ2) is 16.9. The standard InChI is InChI=1S/C24H31N3O7S2.Cs/c1-18(2)16-26(36(33,34)21-13-11-19(12-14-21)27(31)32)22(24(29)30)10-6-7-15-25-23(28)17-35-20-8-4-3-5-9-20;/h3-5,8-9,11-14,18,22H,6-7,10,15-17H2,1-2H3,(H,25,28)(H,29,30);/q;+1/p-1/t22-;/m0./s1. The Kier molecular flexibility index (Phi) is 15.6. The van der Waals surface area contributed by atoms with Gasteiger partial charge in [-0.2, -0.15) is 4.31 Å². The van der Waals surface area contributed by atoms with Gasteiger partial charge in [-0.05, 0) is 49.4 Å². The SMILES string of the molecule is CC(C)CN([C@@H](CCCCNC(=O)CSc1ccccc1)C(=O)[O-])S(=O)(=O)c1ccc([N+](=O)[O-])cc1.[Cs+]. The Hall–Kier alpha value is -0.908. The van der Waals surface area contributed by atoms with E-state index in [2.05, 4.69) is 5.32 Å². The van der Waals surface area contributed by atoms with Crippen molar-refractivity contribution in [2.24, 2.45) is 5.92 Å². The van der Waals surface area contributed by atoms with Crippen LogP contribution in [0.3, 0.4) is 0 Å². The summed E-state index contributed by atoms with van der Waals surface area (Å²) in [5.41, 5.74) is -0.273. The number of thioether (sulfide) groups is 1. The Bertz CT molecular complexity index is 1130. The van der Waals surface area contributed by atoms with Gasteiger partial charge in [0.2, 0.25) is 15.9 Å². The van der Waals surface area contributed by atoms with Gasteiger partial charge < -0.3 is 15.2 Å². The summed E-state index contributed by atoms with van der Waals surface area (Å²) in [5.74, 6) is -1.60. The summed E-state index contributed by atoms with van der Waals surface area (Å²) in [6, 6.07) is 12.4. The Morgan fingerprint density at radius 2 is 1.68 bits per heavy atom. The maximum atomic E-state index is 13.3. The molecule has 13 heteroatoms. The number of nitro groups is 1. The van der Waals surface area contributed by atoms with Crippen molar-refractivity contribution >= 4 is 39.3 Å². The average molecular weight is 670 g/mol. The number of aliphatic carboxylic acids is 1. The predicted octanol–water partition coefficient (Wildman–Crippen LogP) is -0.557. The van der Waals surface area contributed by atoms with E-state index in [4.69, 9.17) is 0 Å². The van der Waals surface area contributed by atoms with E-state index in [1.807, 2.05) is 30.3 Å². The van der Waals surface area contributed by atoms with Crippen LogP contribution in [-0.2, 0) is 19.6 Å². The second-order valence-corrected chi connectivity index (χ2v) is 11.4. The summed E-state index contributed by atoms with van der Waals surface area (Å²) in [6.45, 7) is 3.78. The predicted molar refractivity (Wildman–Crippen MR) is 135 cm³/mol. The summed E-state index contributed by atoms with van der Waals surface area (Å²) < 4.78 is 27.4. The van der Waals surface area contributed by atoms with Crippen LogP contribution >= 0.6 is 11.8 Å². The molecular weight excluding hydrogens is 639 g/mol. The number of hydrogen-bond donors (Lipinski definition) is 1. The molecule has 0 fully saturated rings. The third-order valence-electron chi connectivity index (χ3n) is 5.16. The molecule has 0 aliphatic heterocycles. The van der Waals surface area contributed by atoms with Crippen molar-refractivity contribution in [3.63, 3.8) is 0 Å². The van der Waals surface area contributed by atoms with Gasteiger partial charge in [-0.1, -0.05) is 32.0 Å². The maximum absolute atomic E-state index is 13.3. The molecule has 196 valence electrons. The molecule has 0 bridgehead atoms. The number of nitro benzene ring substituents is 1. The molecule has 37 heavy (non-hydrogen) atoms. The fraction of sp³-hybridized carbons (Fsp3) is 0.417. The van der Waals surface area contributed by atoms with Gasteiger partial charge in [0, 0.05) is 30.1 Å². The first-order valence-corrected chi connectivity index (χ1v) is 13.9. The molecule has 0 spiro atoms. The number of rotatable bonds is 15. The normalized spacial score (nSPS) is 12.1. The molecule has 0 unspecified atom stereocenters. The number of hydrogen-bond acceptors (Lipinski definition) is 8. The molecular formula is C24H30CsN3O7S2. The zero-order valence-corrected chi connectivity index (χ0v) is 29.1. The number of carbonyl (C=O) groups is 2. The Balaban J connectivity index is 0.00000684. The maximum Gasteiger partial charge on any atom is 1.00 e. The number of carbonyl (C=O) groups excluding carboxylic acids is 2. The fourth-order valence-electron chi connectivity index (χ4n) is 3.41. The van der Waals surface area contributed by atoms with Crippen molar-refractivity contribution in [2.75, 3.05) is 18.8 Å². The van der Waals surface area contributed by atoms with Crippen LogP contribution in [0.25, 0.3) is 0 Å². The van der Waals surface area contributed by atoms with E-state index in [1.165, 1.54) is 11.8 Å². The van der Waals surface area contributed by atoms with Gasteiger partial charge in [-0.15, -0.1) is 11.8 Å².